The van der Waals surface area contributed by atoms with Gasteiger partial charge in [-0.05, 0) is 12.8 Å². The number of hydrogen-bond acceptors (Lipinski definition) is 6. The minimum Gasteiger partial charge on any atom is -0.451 e. The molecule has 0 spiro atoms. The van der Waals surface area contributed by atoms with E-state index in [9.17, 15) is 19.8 Å². The molecule has 246 valence electrons. The number of Topliss-reactive ketones (excluding diaryl/α,β-unsaturated/α-hetero) is 1. The Morgan fingerprint density at radius 2 is 0.878 bits per heavy atom. The topological polar surface area (TPSA) is 162 Å². The van der Waals surface area contributed by atoms with Gasteiger partial charge in [-0.2, -0.15) is 0 Å². The summed E-state index contributed by atoms with van der Waals surface area (Å²) < 4.78 is 14.2. The first-order valence-corrected chi connectivity index (χ1v) is 17.9. The Labute approximate surface area is 250 Å². The highest BCUT2D eigenvalue weighted by Gasteiger charge is 2.29. The summed E-state index contributed by atoms with van der Waals surface area (Å²) in [5, 5.41) is 19.3. The third-order valence-corrected chi connectivity index (χ3v) is 7.12. The molecular weight excluding hydrogens is 547 g/mol. The van der Waals surface area contributed by atoms with Gasteiger partial charge in [-0.25, -0.2) is 4.57 Å². The molecule has 0 aromatic carbocycles. The fourth-order valence-corrected chi connectivity index (χ4v) is 4.69. The van der Waals surface area contributed by atoms with Gasteiger partial charge in [-0.3, -0.25) is 9.59 Å². The summed E-state index contributed by atoms with van der Waals surface area (Å²) in [6.07, 6.45) is 24.4. The SMILES string of the molecule is CCCCCCCCCCCCCC(=O)OC(C(=O)CCCCCCCCCCCCC)C(O)CO.O=P(O)(O)O. The Hall–Kier alpha value is -0.830. The number of phosphoric acid groups is 1. The maximum Gasteiger partial charge on any atom is 0.466 e. The Kier molecular flexibility index (Phi) is 31.6. The largest absolute Gasteiger partial charge is 0.466 e. The fraction of sp³-hybridized carbons (Fsp3) is 0.935. The standard InChI is InChI=1S/C31H60O5.H3O4P/c1-3-5-7-9-11-13-15-17-19-21-23-25-28(33)31(29(34)27-32)36-30(35)26-24-22-20-18-16-14-12-10-8-6-4-2;1-5(2,3)4/h29,31-32,34H,3-27H2,1-2H3;(H3,1,2,3,4). The zero-order valence-electron chi connectivity index (χ0n) is 26.1. The Morgan fingerprint density at radius 1 is 0.585 bits per heavy atom. The lowest BCUT2D eigenvalue weighted by atomic mass is 10.0. The van der Waals surface area contributed by atoms with Gasteiger partial charge in [-0.15, -0.1) is 0 Å². The van der Waals surface area contributed by atoms with Gasteiger partial charge in [0.05, 0.1) is 6.61 Å². The average molecular weight is 611 g/mol. The molecule has 0 aromatic rings. The third kappa shape index (κ3) is 35.3. The first kappa shape index (κ1) is 42.3. The van der Waals surface area contributed by atoms with E-state index in [0.29, 0.717) is 0 Å². The number of carbonyl (C=O) groups is 2. The monoisotopic (exact) mass is 610 g/mol. The molecule has 0 amide bonds. The highest BCUT2D eigenvalue weighted by molar-refractivity contribution is 7.45. The zero-order chi connectivity index (χ0) is 31.2. The number of rotatable bonds is 28. The lowest BCUT2D eigenvalue weighted by Crippen LogP contribution is -2.40. The van der Waals surface area contributed by atoms with Crippen LogP contribution in [0.3, 0.4) is 0 Å². The van der Waals surface area contributed by atoms with Gasteiger partial charge in [0.1, 0.15) is 6.10 Å². The number of esters is 1. The van der Waals surface area contributed by atoms with Gasteiger partial charge < -0.3 is 29.6 Å². The first-order chi connectivity index (χ1) is 19.6. The minimum atomic E-state index is -4.64. The van der Waals surface area contributed by atoms with E-state index in [1.165, 1.54) is 103 Å². The highest BCUT2D eigenvalue weighted by atomic mass is 31.2. The van der Waals surface area contributed by atoms with Crippen molar-refractivity contribution in [3.8, 4) is 0 Å². The molecule has 5 N–H and O–H groups in total. The van der Waals surface area contributed by atoms with Gasteiger partial charge >= 0.3 is 13.8 Å². The predicted octanol–water partition coefficient (Wildman–Crippen LogP) is 7.29. The van der Waals surface area contributed by atoms with Crippen molar-refractivity contribution in [3.05, 3.63) is 0 Å². The van der Waals surface area contributed by atoms with Crippen molar-refractivity contribution >= 4 is 19.6 Å². The van der Waals surface area contributed by atoms with Crippen LogP contribution in [0.4, 0.5) is 0 Å². The lowest BCUT2D eigenvalue weighted by Gasteiger charge is -2.20. The summed E-state index contributed by atoms with van der Waals surface area (Å²) in [6, 6.07) is 0. The van der Waals surface area contributed by atoms with E-state index in [4.69, 9.17) is 24.0 Å². The molecule has 0 saturated carbocycles. The van der Waals surface area contributed by atoms with E-state index >= 15 is 0 Å². The number of carbonyl (C=O) groups excluding carboxylic acids is 2. The molecule has 2 unspecified atom stereocenters. The molecule has 10 heteroatoms. The van der Waals surface area contributed by atoms with Crippen LogP contribution in [0.15, 0.2) is 0 Å². The number of ketones is 1. The fourth-order valence-electron chi connectivity index (χ4n) is 4.69. The molecule has 0 aliphatic carbocycles. The van der Waals surface area contributed by atoms with Crippen LogP contribution < -0.4 is 0 Å². The van der Waals surface area contributed by atoms with E-state index in [1.54, 1.807) is 0 Å². The molecule has 9 nitrogen and oxygen atoms in total. The van der Waals surface area contributed by atoms with Crippen molar-refractivity contribution in [2.45, 2.75) is 180 Å². The Balaban J connectivity index is 0. The van der Waals surface area contributed by atoms with E-state index in [0.717, 1.165) is 38.5 Å². The molecule has 41 heavy (non-hydrogen) atoms. The highest BCUT2D eigenvalue weighted by Crippen LogP contribution is 2.25. The van der Waals surface area contributed by atoms with Crippen LogP contribution >= 0.6 is 7.82 Å². The van der Waals surface area contributed by atoms with Crippen LogP contribution in [0.1, 0.15) is 168 Å². The number of hydrogen-bond donors (Lipinski definition) is 5. The Bertz CT molecular complexity index is 631. The van der Waals surface area contributed by atoms with Crippen LogP contribution in [0.25, 0.3) is 0 Å². The van der Waals surface area contributed by atoms with Gasteiger partial charge in [0.25, 0.3) is 0 Å². The predicted molar refractivity (Wildman–Crippen MR) is 164 cm³/mol. The summed E-state index contributed by atoms with van der Waals surface area (Å²) in [5.41, 5.74) is 0. The second-order valence-electron chi connectivity index (χ2n) is 11.2. The van der Waals surface area contributed by atoms with Crippen LogP contribution in [0.2, 0.25) is 0 Å². The molecule has 0 aliphatic rings. The summed E-state index contributed by atoms with van der Waals surface area (Å²) in [4.78, 5) is 46.3. The average Bonchev–Trinajstić information content (AvgIpc) is 2.91. The second-order valence-corrected chi connectivity index (χ2v) is 12.2. The van der Waals surface area contributed by atoms with Crippen molar-refractivity contribution in [2.24, 2.45) is 0 Å². The van der Waals surface area contributed by atoms with Crippen molar-refractivity contribution in [2.75, 3.05) is 6.61 Å². The molecule has 0 heterocycles. The van der Waals surface area contributed by atoms with Crippen LogP contribution in [-0.2, 0) is 18.9 Å². The zero-order valence-corrected chi connectivity index (χ0v) is 27.0. The number of ether oxygens (including phenoxy) is 1. The Morgan fingerprint density at radius 3 is 1.20 bits per heavy atom. The normalized spacial score (nSPS) is 12.9. The number of unbranched alkanes of at least 4 members (excludes halogenated alkanes) is 20. The van der Waals surface area contributed by atoms with Crippen molar-refractivity contribution < 1.29 is 43.8 Å². The quantitative estimate of drug-likeness (QED) is 0.0348. The minimum absolute atomic E-state index is 0.261. The first-order valence-electron chi connectivity index (χ1n) is 16.4. The van der Waals surface area contributed by atoms with Crippen LogP contribution in [0.5, 0.6) is 0 Å². The van der Waals surface area contributed by atoms with Crippen LogP contribution in [0, 0.1) is 0 Å². The smallest absolute Gasteiger partial charge is 0.451 e. The van der Waals surface area contributed by atoms with Gasteiger partial charge in [0, 0.05) is 12.8 Å². The molecule has 2 atom stereocenters. The number of aliphatic hydroxyl groups excluding tert-OH is 2. The number of aliphatic hydroxyl groups is 2. The molecule has 0 aromatic heterocycles. The summed E-state index contributed by atoms with van der Waals surface area (Å²) in [7, 11) is -4.64. The molecule has 0 aliphatic heterocycles. The third-order valence-electron chi connectivity index (χ3n) is 7.12. The molecule has 0 saturated heterocycles. The van der Waals surface area contributed by atoms with Gasteiger partial charge in [-0.1, -0.05) is 142 Å². The van der Waals surface area contributed by atoms with E-state index in [-0.39, 0.29) is 18.6 Å². The van der Waals surface area contributed by atoms with Crippen molar-refractivity contribution in [3.63, 3.8) is 0 Å². The molecule has 0 radical (unpaired) electrons. The maximum atomic E-state index is 12.6. The van der Waals surface area contributed by atoms with Crippen molar-refractivity contribution in [1.82, 2.24) is 0 Å². The maximum absolute atomic E-state index is 12.6. The molecule has 0 rings (SSSR count). The molecule has 0 bridgehead atoms. The lowest BCUT2D eigenvalue weighted by molar-refractivity contribution is -0.163. The van der Waals surface area contributed by atoms with Crippen LogP contribution in [-0.4, -0.2) is 55.5 Å². The van der Waals surface area contributed by atoms with E-state index in [1.807, 2.05) is 0 Å². The van der Waals surface area contributed by atoms with Gasteiger partial charge in [0.2, 0.25) is 0 Å². The summed E-state index contributed by atoms with van der Waals surface area (Å²) in [5.74, 6) is -0.726. The second kappa shape index (κ2) is 30.6. The van der Waals surface area contributed by atoms with Crippen molar-refractivity contribution in [1.29, 1.82) is 0 Å². The molecular formula is C31H63O9P. The summed E-state index contributed by atoms with van der Waals surface area (Å²) in [6.45, 7) is 3.89. The van der Waals surface area contributed by atoms with E-state index < -0.39 is 32.6 Å². The van der Waals surface area contributed by atoms with Gasteiger partial charge in [0.15, 0.2) is 11.9 Å². The van der Waals surface area contributed by atoms with E-state index in [2.05, 4.69) is 13.8 Å². The summed E-state index contributed by atoms with van der Waals surface area (Å²) >= 11 is 0. The molecule has 0 fully saturated rings.